The number of aliphatic hydroxyl groups excluding tert-OH is 2. The van der Waals surface area contributed by atoms with Crippen LogP contribution in [-0.2, 0) is 4.74 Å². The SMILES string of the molecule is CC(C)(C)OC(=O)NCCC(O)C(O)c1ccc([N+](=O)[O-])c2cnccc12. The highest BCUT2D eigenvalue weighted by molar-refractivity contribution is 5.92. The number of nitro benzene ring substituents is 1. The number of ether oxygens (including phenoxy) is 1. The van der Waals surface area contributed by atoms with Crippen molar-refractivity contribution in [3.63, 3.8) is 0 Å². The third-order valence-corrected chi connectivity index (χ3v) is 3.82. The molecule has 0 aliphatic heterocycles. The van der Waals surface area contributed by atoms with Crippen molar-refractivity contribution < 1.29 is 24.7 Å². The summed E-state index contributed by atoms with van der Waals surface area (Å²) in [6, 6.07) is 4.23. The Bertz CT molecular complexity index is 833. The van der Waals surface area contributed by atoms with E-state index in [0.717, 1.165) is 0 Å². The maximum atomic E-state index is 11.6. The molecule has 2 aromatic rings. The molecule has 1 heterocycles. The molecule has 0 fully saturated rings. The van der Waals surface area contributed by atoms with Crippen molar-refractivity contribution in [3.8, 4) is 0 Å². The van der Waals surface area contributed by atoms with Crippen molar-refractivity contribution in [2.24, 2.45) is 0 Å². The number of nitro groups is 1. The molecule has 2 atom stereocenters. The van der Waals surface area contributed by atoms with E-state index in [-0.39, 0.29) is 24.0 Å². The molecule has 1 amide bonds. The van der Waals surface area contributed by atoms with Gasteiger partial charge >= 0.3 is 6.09 Å². The van der Waals surface area contributed by atoms with Gasteiger partial charge in [0, 0.05) is 25.0 Å². The molecule has 9 nitrogen and oxygen atoms in total. The molecule has 27 heavy (non-hydrogen) atoms. The topological polar surface area (TPSA) is 135 Å². The van der Waals surface area contributed by atoms with Gasteiger partial charge in [-0.2, -0.15) is 0 Å². The van der Waals surface area contributed by atoms with Gasteiger partial charge in [0.1, 0.15) is 11.7 Å². The molecule has 1 aromatic heterocycles. The lowest BCUT2D eigenvalue weighted by atomic mass is 9.96. The van der Waals surface area contributed by atoms with E-state index in [2.05, 4.69) is 10.3 Å². The number of benzene rings is 1. The van der Waals surface area contributed by atoms with Gasteiger partial charge in [-0.25, -0.2) is 4.79 Å². The number of fused-ring (bicyclic) bond motifs is 1. The van der Waals surface area contributed by atoms with Crippen molar-refractivity contribution in [2.45, 2.75) is 45.0 Å². The Balaban J connectivity index is 2.09. The Morgan fingerprint density at radius 3 is 2.63 bits per heavy atom. The minimum Gasteiger partial charge on any atom is -0.444 e. The van der Waals surface area contributed by atoms with Crippen LogP contribution in [0.15, 0.2) is 30.6 Å². The second kappa shape index (κ2) is 8.28. The van der Waals surface area contributed by atoms with Crippen molar-refractivity contribution >= 4 is 22.6 Å². The van der Waals surface area contributed by atoms with Gasteiger partial charge in [-0.1, -0.05) is 0 Å². The first kappa shape index (κ1) is 20.5. The van der Waals surface area contributed by atoms with Gasteiger partial charge in [0.2, 0.25) is 0 Å². The second-order valence-corrected chi connectivity index (χ2v) is 7.08. The summed E-state index contributed by atoms with van der Waals surface area (Å²) in [4.78, 5) is 26.1. The second-order valence-electron chi connectivity index (χ2n) is 7.08. The Labute approximate surface area is 156 Å². The van der Waals surface area contributed by atoms with Gasteiger partial charge in [0.15, 0.2) is 0 Å². The van der Waals surface area contributed by atoms with Crippen molar-refractivity contribution in [1.82, 2.24) is 10.3 Å². The first-order chi connectivity index (χ1) is 12.6. The molecule has 0 saturated carbocycles. The number of carbonyl (C=O) groups excluding carboxylic acids is 1. The van der Waals surface area contributed by atoms with Crippen LogP contribution in [0.3, 0.4) is 0 Å². The maximum Gasteiger partial charge on any atom is 0.407 e. The summed E-state index contributed by atoms with van der Waals surface area (Å²) < 4.78 is 5.09. The number of non-ortho nitro benzene ring substituents is 1. The van der Waals surface area contributed by atoms with E-state index in [1.165, 1.54) is 24.5 Å². The fraction of sp³-hybridized carbons (Fsp3) is 0.444. The number of alkyl carbamates (subject to hydrolysis) is 1. The van der Waals surface area contributed by atoms with Crippen LogP contribution in [-0.4, -0.2) is 44.5 Å². The molecule has 2 unspecified atom stereocenters. The summed E-state index contributed by atoms with van der Waals surface area (Å²) in [5.41, 5.74) is -0.411. The summed E-state index contributed by atoms with van der Waals surface area (Å²) in [7, 11) is 0. The van der Waals surface area contributed by atoms with Crippen molar-refractivity contribution in [2.75, 3.05) is 6.54 Å². The van der Waals surface area contributed by atoms with Gasteiger partial charge < -0.3 is 20.3 Å². The molecule has 3 N–H and O–H groups in total. The Morgan fingerprint density at radius 1 is 1.30 bits per heavy atom. The summed E-state index contributed by atoms with van der Waals surface area (Å²) in [5.74, 6) is 0. The minimum atomic E-state index is -1.28. The highest BCUT2D eigenvalue weighted by atomic mass is 16.6. The number of aromatic nitrogens is 1. The van der Waals surface area contributed by atoms with Crippen LogP contribution in [0.1, 0.15) is 38.9 Å². The highest BCUT2D eigenvalue weighted by Crippen LogP contribution is 2.32. The van der Waals surface area contributed by atoms with Gasteiger partial charge in [-0.05, 0) is 50.3 Å². The van der Waals surface area contributed by atoms with E-state index in [4.69, 9.17) is 4.74 Å². The monoisotopic (exact) mass is 377 g/mol. The number of pyridine rings is 1. The number of carbonyl (C=O) groups is 1. The van der Waals surface area contributed by atoms with Gasteiger partial charge in [-0.3, -0.25) is 15.1 Å². The average Bonchev–Trinajstić information content (AvgIpc) is 2.58. The summed E-state index contributed by atoms with van der Waals surface area (Å²) in [6.07, 6.45) is -0.201. The molecule has 0 radical (unpaired) electrons. The smallest absolute Gasteiger partial charge is 0.407 e. The molecule has 146 valence electrons. The Kier molecular flexibility index (Phi) is 6.29. The molecule has 0 aliphatic rings. The summed E-state index contributed by atoms with van der Waals surface area (Å²) in [5, 5.41) is 35.1. The zero-order chi connectivity index (χ0) is 20.2. The quantitative estimate of drug-likeness (QED) is 0.520. The Morgan fingerprint density at radius 2 is 2.00 bits per heavy atom. The van der Waals surface area contributed by atoms with Crippen LogP contribution in [0, 0.1) is 10.1 Å². The number of aliphatic hydroxyl groups is 2. The first-order valence-corrected chi connectivity index (χ1v) is 8.44. The van der Waals surface area contributed by atoms with Crippen LogP contribution < -0.4 is 5.32 Å². The summed E-state index contributed by atoms with van der Waals surface area (Å²) >= 11 is 0. The lowest BCUT2D eigenvalue weighted by Crippen LogP contribution is -2.34. The van der Waals surface area contributed by atoms with Crippen molar-refractivity contribution in [1.29, 1.82) is 0 Å². The van der Waals surface area contributed by atoms with Crippen molar-refractivity contribution in [3.05, 3.63) is 46.3 Å². The van der Waals surface area contributed by atoms with E-state index in [1.54, 1.807) is 26.8 Å². The molecular formula is C18H23N3O6. The standard InChI is InChI=1S/C18H23N3O6/c1-18(2,3)27-17(24)20-9-7-15(22)16(23)12-4-5-14(21(25)26)13-10-19-8-6-11(12)13/h4-6,8,10,15-16,22-23H,7,9H2,1-3H3,(H,20,24). The average molecular weight is 377 g/mol. The van der Waals surface area contributed by atoms with E-state index in [1.807, 2.05) is 0 Å². The molecule has 1 aromatic carbocycles. The largest absolute Gasteiger partial charge is 0.444 e. The van der Waals surface area contributed by atoms with E-state index < -0.39 is 28.8 Å². The van der Waals surface area contributed by atoms with Crippen LogP contribution in [0.25, 0.3) is 10.8 Å². The highest BCUT2D eigenvalue weighted by Gasteiger charge is 2.24. The number of hydrogen-bond acceptors (Lipinski definition) is 7. The number of rotatable bonds is 6. The number of hydrogen-bond donors (Lipinski definition) is 3. The predicted octanol–water partition coefficient (Wildman–Crippen LogP) is 2.45. The zero-order valence-electron chi connectivity index (χ0n) is 15.4. The predicted molar refractivity (Wildman–Crippen MR) is 98.2 cm³/mol. The lowest BCUT2D eigenvalue weighted by molar-refractivity contribution is -0.383. The molecule has 2 rings (SSSR count). The maximum absolute atomic E-state index is 11.6. The molecule has 0 bridgehead atoms. The fourth-order valence-corrected chi connectivity index (χ4v) is 2.62. The van der Waals surface area contributed by atoms with Crippen LogP contribution in [0.5, 0.6) is 0 Å². The number of nitrogens with one attached hydrogen (secondary N) is 1. The first-order valence-electron chi connectivity index (χ1n) is 8.44. The summed E-state index contributed by atoms with van der Waals surface area (Å²) in [6.45, 7) is 5.30. The fourth-order valence-electron chi connectivity index (χ4n) is 2.62. The van der Waals surface area contributed by atoms with E-state index >= 15 is 0 Å². The third kappa shape index (κ3) is 5.35. The van der Waals surface area contributed by atoms with Gasteiger partial charge in [0.05, 0.1) is 16.4 Å². The van der Waals surface area contributed by atoms with Crippen LogP contribution in [0.4, 0.5) is 10.5 Å². The lowest BCUT2D eigenvalue weighted by Gasteiger charge is -2.22. The molecule has 0 aliphatic carbocycles. The number of nitrogens with zero attached hydrogens (tertiary/aromatic N) is 2. The normalized spacial score (nSPS) is 13.8. The molecular weight excluding hydrogens is 354 g/mol. The number of amides is 1. The van der Waals surface area contributed by atoms with E-state index in [9.17, 15) is 25.1 Å². The van der Waals surface area contributed by atoms with Crippen LogP contribution in [0.2, 0.25) is 0 Å². The minimum absolute atomic E-state index is 0.0734. The third-order valence-electron chi connectivity index (χ3n) is 3.82. The van der Waals surface area contributed by atoms with Crippen LogP contribution >= 0.6 is 0 Å². The van der Waals surface area contributed by atoms with Gasteiger partial charge in [-0.15, -0.1) is 0 Å². The molecule has 9 heteroatoms. The Hall–Kier alpha value is -2.78. The molecule has 0 saturated heterocycles. The molecule has 0 spiro atoms. The van der Waals surface area contributed by atoms with E-state index in [0.29, 0.717) is 10.9 Å². The zero-order valence-corrected chi connectivity index (χ0v) is 15.4. The van der Waals surface area contributed by atoms with Gasteiger partial charge in [0.25, 0.3) is 5.69 Å².